The zero-order valence-corrected chi connectivity index (χ0v) is 13.9. The van der Waals surface area contributed by atoms with Gasteiger partial charge < -0.3 is 17.0 Å². The summed E-state index contributed by atoms with van der Waals surface area (Å²) in [6.07, 6.45) is 5.59. The Balaban J connectivity index is 0.00000180. The standard InChI is InChI=1S/C17H20P.BrH/c1-3-4-15-18(2,16-11-7-5-8-12-16)17-13-9-6-10-14-17;/h3-14H,15H2,1-2H3;1H/q+1;/p-1. The van der Waals surface area contributed by atoms with Crippen LogP contribution in [0.5, 0.6) is 0 Å². The number of hydrogen-bond donors (Lipinski definition) is 0. The molecule has 0 spiro atoms. The van der Waals surface area contributed by atoms with Crippen molar-refractivity contribution in [1.82, 2.24) is 0 Å². The van der Waals surface area contributed by atoms with Gasteiger partial charge in [-0.3, -0.25) is 0 Å². The van der Waals surface area contributed by atoms with Gasteiger partial charge in [0.15, 0.2) is 0 Å². The number of rotatable bonds is 4. The number of hydrogen-bond acceptors (Lipinski definition) is 0. The van der Waals surface area contributed by atoms with Gasteiger partial charge in [0.05, 0.1) is 30.7 Å². The van der Waals surface area contributed by atoms with Crippen molar-refractivity contribution in [3.05, 3.63) is 72.8 Å². The average molecular weight is 335 g/mol. The summed E-state index contributed by atoms with van der Waals surface area (Å²) in [5.41, 5.74) is 0. The molecule has 2 aromatic rings. The van der Waals surface area contributed by atoms with Crippen LogP contribution < -0.4 is 27.6 Å². The normalized spacial score (nSPS) is 11.3. The first-order valence-corrected chi connectivity index (χ1v) is 8.77. The van der Waals surface area contributed by atoms with Crippen LogP contribution in [-0.2, 0) is 0 Å². The van der Waals surface area contributed by atoms with Crippen molar-refractivity contribution in [2.45, 2.75) is 6.92 Å². The molecule has 2 rings (SSSR count). The van der Waals surface area contributed by atoms with E-state index in [0.29, 0.717) is 0 Å². The molecule has 0 amide bonds. The van der Waals surface area contributed by atoms with Gasteiger partial charge in [0, 0.05) is 0 Å². The molecule has 0 fully saturated rings. The second-order valence-corrected chi connectivity index (χ2v) is 8.40. The predicted molar refractivity (Wildman–Crippen MR) is 84.7 cm³/mol. The van der Waals surface area contributed by atoms with Crippen molar-refractivity contribution in [3.8, 4) is 0 Å². The summed E-state index contributed by atoms with van der Waals surface area (Å²) in [6, 6.07) is 21.8. The largest absolute Gasteiger partial charge is 1.00 e. The molecule has 0 N–H and O–H groups in total. The van der Waals surface area contributed by atoms with Crippen LogP contribution in [0.25, 0.3) is 0 Å². The van der Waals surface area contributed by atoms with Gasteiger partial charge in [-0.15, -0.1) is 0 Å². The van der Waals surface area contributed by atoms with Gasteiger partial charge in [-0.2, -0.15) is 0 Å². The molecule has 0 aromatic heterocycles. The molecule has 0 aliphatic heterocycles. The van der Waals surface area contributed by atoms with E-state index in [2.05, 4.69) is 86.4 Å². The Morgan fingerprint density at radius 3 is 1.63 bits per heavy atom. The first-order valence-electron chi connectivity index (χ1n) is 6.35. The Hall–Kier alpha value is -0.910. The summed E-state index contributed by atoms with van der Waals surface area (Å²) in [5, 5.41) is 2.96. The fraction of sp³-hybridized carbons (Fsp3) is 0.176. The second kappa shape index (κ2) is 7.62. The van der Waals surface area contributed by atoms with Crippen molar-refractivity contribution in [2.75, 3.05) is 12.8 Å². The van der Waals surface area contributed by atoms with E-state index in [1.807, 2.05) is 0 Å². The molecule has 0 aliphatic carbocycles. The lowest BCUT2D eigenvalue weighted by Crippen LogP contribution is -3.00. The average Bonchev–Trinajstić information content (AvgIpc) is 2.46. The van der Waals surface area contributed by atoms with Crippen molar-refractivity contribution < 1.29 is 17.0 Å². The minimum Gasteiger partial charge on any atom is -1.00 e. The molecular formula is C17H20BrP. The van der Waals surface area contributed by atoms with E-state index in [9.17, 15) is 0 Å². The highest BCUT2D eigenvalue weighted by atomic mass is 79.9. The van der Waals surface area contributed by atoms with Crippen LogP contribution in [0.3, 0.4) is 0 Å². The third-order valence-corrected chi connectivity index (χ3v) is 7.18. The van der Waals surface area contributed by atoms with Gasteiger partial charge in [0.1, 0.15) is 0 Å². The maximum Gasteiger partial charge on any atom is 0.0992 e. The van der Waals surface area contributed by atoms with E-state index in [1.165, 1.54) is 10.6 Å². The van der Waals surface area contributed by atoms with E-state index < -0.39 is 7.26 Å². The summed E-state index contributed by atoms with van der Waals surface area (Å²) >= 11 is 0. The molecule has 0 saturated heterocycles. The maximum absolute atomic E-state index is 2.43. The van der Waals surface area contributed by atoms with E-state index >= 15 is 0 Å². The molecule has 0 saturated carbocycles. The molecule has 0 radical (unpaired) electrons. The van der Waals surface area contributed by atoms with E-state index in [4.69, 9.17) is 0 Å². The van der Waals surface area contributed by atoms with Crippen molar-refractivity contribution in [2.24, 2.45) is 0 Å². The van der Waals surface area contributed by atoms with Gasteiger partial charge >= 0.3 is 0 Å². The Kier molecular flexibility index (Phi) is 6.48. The van der Waals surface area contributed by atoms with Crippen molar-refractivity contribution in [1.29, 1.82) is 0 Å². The van der Waals surface area contributed by atoms with Crippen LogP contribution in [0.2, 0.25) is 0 Å². The van der Waals surface area contributed by atoms with Crippen LogP contribution in [0, 0.1) is 0 Å². The van der Waals surface area contributed by atoms with E-state index in [1.54, 1.807) is 0 Å². The minimum atomic E-state index is -1.28. The van der Waals surface area contributed by atoms with Gasteiger partial charge in [-0.1, -0.05) is 48.6 Å². The van der Waals surface area contributed by atoms with Crippen LogP contribution in [0.15, 0.2) is 72.8 Å². The molecule has 19 heavy (non-hydrogen) atoms. The highest BCUT2D eigenvalue weighted by Gasteiger charge is 2.35. The highest BCUT2D eigenvalue weighted by Crippen LogP contribution is 2.52. The molecule has 0 atom stereocenters. The van der Waals surface area contributed by atoms with E-state index in [0.717, 1.165) is 6.16 Å². The second-order valence-electron chi connectivity index (χ2n) is 4.61. The summed E-state index contributed by atoms with van der Waals surface area (Å²) in [4.78, 5) is 0. The molecule has 100 valence electrons. The predicted octanol–water partition coefficient (Wildman–Crippen LogP) is 0.865. The number of benzene rings is 2. The van der Waals surface area contributed by atoms with Crippen LogP contribution in [0.1, 0.15) is 6.92 Å². The van der Waals surface area contributed by atoms with Crippen molar-refractivity contribution >= 4 is 17.9 Å². The summed E-state index contributed by atoms with van der Waals surface area (Å²) in [6.45, 7) is 4.53. The van der Waals surface area contributed by atoms with Gasteiger partial charge in [0.2, 0.25) is 0 Å². The quantitative estimate of drug-likeness (QED) is 0.575. The molecular weight excluding hydrogens is 315 g/mol. The molecule has 0 heterocycles. The van der Waals surface area contributed by atoms with Crippen LogP contribution in [-0.4, -0.2) is 12.8 Å². The Morgan fingerprint density at radius 2 is 1.26 bits per heavy atom. The lowest BCUT2D eigenvalue weighted by atomic mass is 10.4. The molecule has 2 aromatic carbocycles. The Bertz CT molecular complexity index is 466. The minimum absolute atomic E-state index is 0. The Labute approximate surface area is 127 Å². The third-order valence-electron chi connectivity index (χ3n) is 3.36. The van der Waals surface area contributed by atoms with Gasteiger partial charge in [-0.05, 0) is 31.2 Å². The smallest absolute Gasteiger partial charge is 0.0992 e. The summed E-state index contributed by atoms with van der Waals surface area (Å²) in [5.74, 6) is 0. The maximum atomic E-state index is 2.43. The first kappa shape index (κ1) is 16.1. The third kappa shape index (κ3) is 3.78. The van der Waals surface area contributed by atoms with E-state index in [-0.39, 0.29) is 17.0 Å². The zero-order valence-electron chi connectivity index (χ0n) is 11.5. The monoisotopic (exact) mass is 334 g/mol. The summed E-state index contributed by atoms with van der Waals surface area (Å²) in [7, 11) is -1.28. The number of allylic oxidation sites excluding steroid dienone is 2. The zero-order chi connectivity index (χ0) is 12.8. The highest BCUT2D eigenvalue weighted by molar-refractivity contribution is 7.89. The topological polar surface area (TPSA) is 0 Å². The fourth-order valence-corrected chi connectivity index (χ4v) is 5.20. The molecule has 0 nitrogen and oxygen atoms in total. The Morgan fingerprint density at radius 1 is 0.842 bits per heavy atom. The van der Waals surface area contributed by atoms with Crippen molar-refractivity contribution in [3.63, 3.8) is 0 Å². The van der Waals surface area contributed by atoms with Crippen LogP contribution in [0.4, 0.5) is 0 Å². The molecule has 0 unspecified atom stereocenters. The van der Waals surface area contributed by atoms with Gasteiger partial charge in [-0.25, -0.2) is 0 Å². The number of halogens is 1. The SMILES string of the molecule is CC=CC[P+](C)(c1ccccc1)c1ccccc1.[Br-]. The van der Waals surface area contributed by atoms with Gasteiger partial charge in [0.25, 0.3) is 0 Å². The lowest BCUT2D eigenvalue weighted by Gasteiger charge is -2.21. The molecule has 0 bridgehead atoms. The molecule has 2 heteroatoms. The first-order chi connectivity index (χ1) is 8.77. The summed E-state index contributed by atoms with van der Waals surface area (Å²) < 4.78 is 0. The van der Waals surface area contributed by atoms with Crippen LogP contribution >= 0.6 is 7.26 Å². The molecule has 0 aliphatic rings. The fourth-order valence-electron chi connectivity index (χ4n) is 2.19. The lowest BCUT2D eigenvalue weighted by molar-refractivity contribution is -0.00000368.